The van der Waals surface area contributed by atoms with Gasteiger partial charge in [-0.3, -0.25) is 14.7 Å². The highest BCUT2D eigenvalue weighted by Gasteiger charge is 2.52. The van der Waals surface area contributed by atoms with Crippen molar-refractivity contribution in [2.24, 2.45) is 0 Å². The SMILES string of the molecule is CCCc1cc(NC(=O)C2CSC3(C)CCC(=O)N23)n[nH]1. The first-order chi connectivity index (χ1) is 10.0. The zero-order chi connectivity index (χ0) is 15.0. The first-order valence-electron chi connectivity index (χ1n) is 7.35. The van der Waals surface area contributed by atoms with Gasteiger partial charge >= 0.3 is 0 Å². The number of carbonyl (C=O) groups excluding carboxylic acids is 2. The van der Waals surface area contributed by atoms with Crippen molar-refractivity contribution in [3.8, 4) is 0 Å². The number of nitrogens with zero attached hydrogens (tertiary/aromatic N) is 2. The van der Waals surface area contributed by atoms with Gasteiger partial charge in [0.05, 0.1) is 4.87 Å². The topological polar surface area (TPSA) is 78.1 Å². The van der Waals surface area contributed by atoms with Crippen LogP contribution < -0.4 is 5.32 Å². The van der Waals surface area contributed by atoms with Crippen LogP contribution in [0.1, 0.15) is 38.8 Å². The van der Waals surface area contributed by atoms with E-state index in [0.717, 1.165) is 25.0 Å². The number of fused-ring (bicyclic) bond motifs is 1. The van der Waals surface area contributed by atoms with Crippen LogP contribution in [0, 0.1) is 0 Å². The zero-order valence-electron chi connectivity index (χ0n) is 12.3. The molecular formula is C14H20N4O2S. The van der Waals surface area contributed by atoms with Crippen molar-refractivity contribution in [3.63, 3.8) is 0 Å². The number of amides is 2. The fraction of sp³-hybridized carbons (Fsp3) is 0.643. The highest BCUT2D eigenvalue weighted by molar-refractivity contribution is 8.01. The number of nitrogens with one attached hydrogen (secondary N) is 2. The van der Waals surface area contributed by atoms with E-state index in [9.17, 15) is 9.59 Å². The summed E-state index contributed by atoms with van der Waals surface area (Å²) in [4.78, 5) is 26.0. The maximum Gasteiger partial charge on any atom is 0.249 e. The van der Waals surface area contributed by atoms with E-state index in [1.807, 2.05) is 13.0 Å². The summed E-state index contributed by atoms with van der Waals surface area (Å²) in [6.45, 7) is 4.14. The van der Waals surface area contributed by atoms with E-state index in [4.69, 9.17) is 0 Å². The number of hydrogen-bond donors (Lipinski definition) is 2. The Morgan fingerprint density at radius 1 is 1.67 bits per heavy atom. The fourth-order valence-corrected chi connectivity index (χ4v) is 4.48. The maximum absolute atomic E-state index is 12.4. The second-order valence-corrected chi connectivity index (χ2v) is 7.28. The third-order valence-electron chi connectivity index (χ3n) is 4.15. The third kappa shape index (κ3) is 2.54. The molecule has 1 aromatic rings. The standard InChI is InChI=1S/C14H20N4O2S/c1-3-4-9-7-11(17-16-9)15-13(20)10-8-21-14(2)6-5-12(19)18(10)14/h7,10H,3-6,8H2,1-2H3,(H2,15,16,17,20). The minimum Gasteiger partial charge on any atom is -0.315 e. The summed E-state index contributed by atoms with van der Waals surface area (Å²) in [5, 5.41) is 9.84. The molecule has 3 rings (SSSR count). The number of aromatic nitrogens is 2. The van der Waals surface area contributed by atoms with E-state index in [-0.39, 0.29) is 22.7 Å². The summed E-state index contributed by atoms with van der Waals surface area (Å²) in [6.07, 6.45) is 3.29. The number of carbonyl (C=O) groups is 2. The molecule has 2 amide bonds. The number of rotatable bonds is 4. The lowest BCUT2D eigenvalue weighted by Gasteiger charge is -2.29. The van der Waals surface area contributed by atoms with Gasteiger partial charge in [-0.1, -0.05) is 13.3 Å². The molecule has 2 aliphatic heterocycles. The van der Waals surface area contributed by atoms with Gasteiger partial charge in [0.15, 0.2) is 5.82 Å². The fourth-order valence-electron chi connectivity index (χ4n) is 3.05. The summed E-state index contributed by atoms with van der Waals surface area (Å²) in [6, 6.07) is 1.47. The second-order valence-electron chi connectivity index (χ2n) is 5.78. The van der Waals surface area contributed by atoms with Crippen molar-refractivity contribution in [1.29, 1.82) is 0 Å². The van der Waals surface area contributed by atoms with E-state index in [1.165, 1.54) is 0 Å². The smallest absolute Gasteiger partial charge is 0.249 e. The van der Waals surface area contributed by atoms with E-state index in [1.54, 1.807) is 16.7 Å². The van der Waals surface area contributed by atoms with Gasteiger partial charge < -0.3 is 10.2 Å². The summed E-state index contributed by atoms with van der Waals surface area (Å²) in [5.41, 5.74) is 1.01. The van der Waals surface area contributed by atoms with Crippen molar-refractivity contribution in [1.82, 2.24) is 15.1 Å². The Hall–Kier alpha value is -1.50. The molecule has 2 atom stereocenters. The molecule has 0 aliphatic carbocycles. The van der Waals surface area contributed by atoms with Gasteiger partial charge in [0.25, 0.3) is 0 Å². The Bertz CT molecular complexity index is 573. The largest absolute Gasteiger partial charge is 0.315 e. The predicted molar refractivity (Wildman–Crippen MR) is 81.9 cm³/mol. The van der Waals surface area contributed by atoms with Gasteiger partial charge in [-0.15, -0.1) is 11.8 Å². The molecule has 2 unspecified atom stereocenters. The average molecular weight is 308 g/mol. The van der Waals surface area contributed by atoms with Crippen LogP contribution in [0.2, 0.25) is 0 Å². The van der Waals surface area contributed by atoms with Crippen molar-refractivity contribution in [3.05, 3.63) is 11.8 Å². The van der Waals surface area contributed by atoms with Crippen molar-refractivity contribution in [2.75, 3.05) is 11.1 Å². The molecule has 1 aromatic heterocycles. The molecule has 114 valence electrons. The quantitative estimate of drug-likeness (QED) is 0.888. The summed E-state index contributed by atoms with van der Waals surface area (Å²) >= 11 is 1.70. The van der Waals surface area contributed by atoms with Crippen LogP contribution in [0.4, 0.5) is 5.82 Å². The molecule has 0 aromatic carbocycles. The lowest BCUT2D eigenvalue weighted by Crippen LogP contribution is -2.48. The second kappa shape index (κ2) is 5.36. The van der Waals surface area contributed by atoms with Crippen molar-refractivity contribution in [2.45, 2.75) is 50.4 Å². The molecule has 2 aliphatic rings. The minimum absolute atomic E-state index is 0.0800. The van der Waals surface area contributed by atoms with E-state index >= 15 is 0 Å². The zero-order valence-corrected chi connectivity index (χ0v) is 13.1. The van der Waals surface area contributed by atoms with Gasteiger partial charge in [0.2, 0.25) is 11.8 Å². The molecule has 3 heterocycles. The molecule has 0 spiro atoms. The third-order valence-corrected chi connectivity index (χ3v) is 5.65. The molecule has 2 saturated heterocycles. The molecule has 7 heteroatoms. The number of hydrogen-bond acceptors (Lipinski definition) is 4. The van der Waals surface area contributed by atoms with Gasteiger partial charge in [0.1, 0.15) is 6.04 Å². The maximum atomic E-state index is 12.4. The molecular weight excluding hydrogens is 288 g/mol. The molecule has 0 bridgehead atoms. The van der Waals surface area contributed by atoms with Crippen LogP contribution in [0.15, 0.2) is 6.07 Å². The molecule has 2 N–H and O–H groups in total. The number of aryl methyl sites for hydroxylation is 1. The van der Waals surface area contributed by atoms with Crippen LogP contribution >= 0.6 is 11.8 Å². The predicted octanol–water partition coefficient (Wildman–Crippen LogP) is 1.75. The van der Waals surface area contributed by atoms with Crippen LogP contribution in [-0.4, -0.2) is 43.6 Å². The normalized spacial score (nSPS) is 28.0. The van der Waals surface area contributed by atoms with Crippen molar-refractivity contribution >= 4 is 29.4 Å². The molecule has 6 nitrogen and oxygen atoms in total. The monoisotopic (exact) mass is 308 g/mol. The van der Waals surface area contributed by atoms with Crippen LogP contribution in [-0.2, 0) is 16.0 Å². The van der Waals surface area contributed by atoms with Gasteiger partial charge in [-0.2, -0.15) is 5.10 Å². The highest BCUT2D eigenvalue weighted by atomic mass is 32.2. The Morgan fingerprint density at radius 3 is 3.24 bits per heavy atom. The van der Waals surface area contributed by atoms with Gasteiger partial charge in [0, 0.05) is 23.9 Å². The molecule has 21 heavy (non-hydrogen) atoms. The lowest BCUT2D eigenvalue weighted by atomic mass is 10.2. The van der Waals surface area contributed by atoms with Gasteiger partial charge in [-0.05, 0) is 19.8 Å². The Labute approximate surface area is 128 Å². The van der Waals surface area contributed by atoms with Crippen LogP contribution in [0.5, 0.6) is 0 Å². The van der Waals surface area contributed by atoms with E-state index in [2.05, 4.69) is 22.4 Å². The first-order valence-corrected chi connectivity index (χ1v) is 8.33. The van der Waals surface area contributed by atoms with Gasteiger partial charge in [-0.25, -0.2) is 0 Å². The Kier molecular flexibility index (Phi) is 3.69. The summed E-state index contributed by atoms with van der Waals surface area (Å²) in [5.74, 6) is 1.13. The lowest BCUT2D eigenvalue weighted by molar-refractivity contribution is -0.135. The molecule has 0 saturated carbocycles. The minimum atomic E-state index is -0.388. The van der Waals surface area contributed by atoms with E-state index < -0.39 is 0 Å². The van der Waals surface area contributed by atoms with E-state index in [0.29, 0.717) is 18.0 Å². The number of anilines is 1. The average Bonchev–Trinajstić information content (AvgIpc) is 3.08. The Morgan fingerprint density at radius 2 is 2.48 bits per heavy atom. The Balaban J connectivity index is 1.69. The number of H-pyrrole nitrogens is 1. The van der Waals surface area contributed by atoms with Crippen LogP contribution in [0.25, 0.3) is 0 Å². The summed E-state index contributed by atoms with van der Waals surface area (Å²) in [7, 11) is 0. The van der Waals surface area contributed by atoms with Crippen molar-refractivity contribution < 1.29 is 9.59 Å². The molecule has 2 fully saturated rings. The number of aromatic amines is 1. The first kappa shape index (κ1) is 14.4. The summed E-state index contributed by atoms with van der Waals surface area (Å²) < 4.78 is 0. The van der Waals surface area contributed by atoms with Crippen LogP contribution in [0.3, 0.4) is 0 Å². The number of thioether (sulfide) groups is 1. The molecule has 0 radical (unpaired) electrons. The highest BCUT2D eigenvalue weighted by Crippen LogP contribution is 2.47.